The van der Waals surface area contributed by atoms with Crippen LogP contribution in [0.1, 0.15) is 23.5 Å². The van der Waals surface area contributed by atoms with E-state index in [-0.39, 0.29) is 0 Å². The molecule has 3 aliphatic carbocycles. The van der Waals surface area contributed by atoms with Crippen molar-refractivity contribution in [1.82, 2.24) is 0 Å². The number of fused-ring (bicyclic) bond motifs is 7. The molecule has 2 radical (unpaired) electrons. The molecule has 1 aromatic carbocycles. The zero-order chi connectivity index (χ0) is 9.12. The Morgan fingerprint density at radius 3 is 2.93 bits per heavy atom. The van der Waals surface area contributed by atoms with E-state index in [1.165, 1.54) is 12.0 Å². The second kappa shape index (κ2) is 2.31. The summed E-state index contributed by atoms with van der Waals surface area (Å²) in [4.78, 5) is 0. The van der Waals surface area contributed by atoms with E-state index in [1.54, 1.807) is 5.56 Å². The maximum Gasteiger partial charge on any atom is 0.0214 e. The van der Waals surface area contributed by atoms with Crippen LogP contribution < -0.4 is 0 Å². The fourth-order valence-corrected chi connectivity index (χ4v) is 3.54. The van der Waals surface area contributed by atoms with Crippen LogP contribution in [-0.2, 0) is 0 Å². The quantitative estimate of drug-likeness (QED) is 0.538. The van der Waals surface area contributed by atoms with Crippen LogP contribution in [0.5, 0.6) is 0 Å². The topological polar surface area (TPSA) is 0 Å². The Balaban J connectivity index is 1.89. The Kier molecular flexibility index (Phi) is 1.20. The van der Waals surface area contributed by atoms with Crippen LogP contribution >= 0.6 is 0 Å². The Morgan fingerprint density at radius 1 is 1.07 bits per heavy atom. The number of benzene rings is 1. The predicted octanol–water partition coefficient (Wildman–Crippen LogP) is 3.04. The third-order valence-electron chi connectivity index (χ3n) is 4.10. The lowest BCUT2D eigenvalue weighted by Gasteiger charge is -2.20. The molecule has 68 valence electrons. The van der Waals surface area contributed by atoms with Crippen LogP contribution in [0.2, 0.25) is 0 Å². The molecule has 0 spiro atoms. The zero-order valence-corrected chi connectivity index (χ0v) is 7.98. The molecule has 0 heteroatoms. The van der Waals surface area contributed by atoms with Gasteiger partial charge >= 0.3 is 0 Å². The van der Waals surface area contributed by atoms with Gasteiger partial charge in [-0.3, -0.25) is 0 Å². The summed E-state index contributed by atoms with van der Waals surface area (Å²) < 4.78 is 0. The molecule has 0 amide bonds. The van der Waals surface area contributed by atoms with Crippen molar-refractivity contribution in [2.24, 2.45) is 17.8 Å². The summed E-state index contributed by atoms with van der Waals surface area (Å²) in [6.45, 7) is 0. The van der Waals surface area contributed by atoms with Crippen molar-refractivity contribution in [2.75, 3.05) is 0 Å². The average molecular weight is 180 g/mol. The SMILES string of the molecule is [C]1c2ccccc2C2C3C=CC(C3)C12. The molecule has 1 fully saturated rings. The van der Waals surface area contributed by atoms with Gasteiger partial charge in [0, 0.05) is 6.42 Å². The third-order valence-corrected chi connectivity index (χ3v) is 4.10. The first-order valence-electron chi connectivity index (χ1n) is 5.47. The summed E-state index contributed by atoms with van der Waals surface area (Å²) in [5.41, 5.74) is 2.93. The van der Waals surface area contributed by atoms with Gasteiger partial charge in [0.1, 0.15) is 0 Å². The number of rotatable bonds is 0. The summed E-state index contributed by atoms with van der Waals surface area (Å²) in [7, 11) is 0. The van der Waals surface area contributed by atoms with Crippen LogP contribution in [0.4, 0.5) is 0 Å². The summed E-state index contributed by atoms with van der Waals surface area (Å²) in [5.74, 6) is 3.06. The Hall–Kier alpha value is -1.04. The van der Waals surface area contributed by atoms with E-state index in [0.717, 1.165) is 17.8 Å². The molecule has 4 rings (SSSR count). The van der Waals surface area contributed by atoms with Crippen molar-refractivity contribution in [3.63, 3.8) is 0 Å². The lowest BCUT2D eigenvalue weighted by atomic mass is 9.84. The molecule has 2 bridgehead atoms. The first-order valence-corrected chi connectivity index (χ1v) is 5.47. The van der Waals surface area contributed by atoms with E-state index >= 15 is 0 Å². The smallest absolute Gasteiger partial charge is 0.0214 e. The van der Waals surface area contributed by atoms with Crippen LogP contribution in [0.3, 0.4) is 0 Å². The van der Waals surface area contributed by atoms with Gasteiger partial charge < -0.3 is 0 Å². The molecule has 4 unspecified atom stereocenters. The molecule has 0 aliphatic heterocycles. The summed E-state index contributed by atoms with van der Waals surface area (Å²) in [6.07, 6.45) is 9.88. The van der Waals surface area contributed by atoms with Gasteiger partial charge in [0.2, 0.25) is 0 Å². The Labute approximate surface area is 84.6 Å². The maximum atomic E-state index is 3.68. The molecular formula is C14H12. The van der Waals surface area contributed by atoms with Crippen LogP contribution in [-0.4, -0.2) is 0 Å². The number of hydrogen-bond acceptors (Lipinski definition) is 0. The van der Waals surface area contributed by atoms with Crippen molar-refractivity contribution < 1.29 is 0 Å². The first kappa shape index (κ1) is 7.28. The molecule has 0 aromatic heterocycles. The molecule has 3 aliphatic rings. The van der Waals surface area contributed by atoms with Crippen molar-refractivity contribution in [3.05, 3.63) is 54.0 Å². The van der Waals surface area contributed by atoms with Gasteiger partial charge in [-0.1, -0.05) is 36.4 Å². The van der Waals surface area contributed by atoms with Gasteiger partial charge in [0.05, 0.1) is 0 Å². The van der Waals surface area contributed by atoms with Gasteiger partial charge in [0.25, 0.3) is 0 Å². The largest absolute Gasteiger partial charge is 0.0848 e. The summed E-state index contributed by atoms with van der Waals surface area (Å²) >= 11 is 0. The third kappa shape index (κ3) is 0.716. The van der Waals surface area contributed by atoms with Crippen LogP contribution in [0.25, 0.3) is 0 Å². The minimum atomic E-state index is 0.697. The molecule has 4 atom stereocenters. The second-order valence-electron chi connectivity index (χ2n) is 4.73. The zero-order valence-electron chi connectivity index (χ0n) is 7.98. The Bertz CT molecular complexity index is 416. The predicted molar refractivity (Wildman–Crippen MR) is 55.8 cm³/mol. The average Bonchev–Trinajstić information content (AvgIpc) is 2.88. The highest BCUT2D eigenvalue weighted by Gasteiger charge is 2.49. The lowest BCUT2D eigenvalue weighted by Crippen LogP contribution is -2.11. The molecule has 14 heavy (non-hydrogen) atoms. The second-order valence-corrected chi connectivity index (χ2v) is 4.73. The highest BCUT2D eigenvalue weighted by Crippen LogP contribution is 2.58. The van der Waals surface area contributed by atoms with Gasteiger partial charge in [0.15, 0.2) is 0 Å². The normalized spacial score (nSPS) is 41.4. The molecule has 0 nitrogen and oxygen atoms in total. The fourth-order valence-electron chi connectivity index (χ4n) is 3.54. The van der Waals surface area contributed by atoms with Crippen LogP contribution in [0, 0.1) is 24.2 Å². The molecule has 0 N–H and O–H groups in total. The van der Waals surface area contributed by atoms with E-state index in [0.29, 0.717) is 5.92 Å². The number of allylic oxidation sites excluding steroid dienone is 2. The monoisotopic (exact) mass is 180 g/mol. The van der Waals surface area contributed by atoms with Crippen molar-refractivity contribution in [2.45, 2.75) is 12.3 Å². The van der Waals surface area contributed by atoms with Crippen molar-refractivity contribution in [1.29, 1.82) is 0 Å². The van der Waals surface area contributed by atoms with Gasteiger partial charge in [-0.25, -0.2) is 0 Å². The van der Waals surface area contributed by atoms with Crippen LogP contribution in [0.15, 0.2) is 36.4 Å². The maximum absolute atomic E-state index is 3.68. The lowest BCUT2D eigenvalue weighted by molar-refractivity contribution is 0.483. The fraction of sp³-hybridized carbons (Fsp3) is 0.357. The standard InChI is InChI=1S/C14H12/c1-2-4-12-9(3-1)8-13-10-5-6-11(7-10)14(12)13/h1-6,10-11,13-14H,7H2. The van der Waals surface area contributed by atoms with E-state index in [2.05, 4.69) is 42.8 Å². The van der Waals surface area contributed by atoms with E-state index in [9.17, 15) is 0 Å². The molecular weight excluding hydrogens is 168 g/mol. The molecule has 0 saturated heterocycles. The molecule has 1 saturated carbocycles. The van der Waals surface area contributed by atoms with E-state index in [1.807, 2.05) is 0 Å². The Morgan fingerprint density at radius 2 is 1.93 bits per heavy atom. The highest BCUT2D eigenvalue weighted by atomic mass is 14.5. The summed E-state index contributed by atoms with van der Waals surface area (Å²) in [6, 6.07) is 8.80. The first-order chi connectivity index (χ1) is 6.93. The summed E-state index contributed by atoms with van der Waals surface area (Å²) in [5, 5.41) is 0. The van der Waals surface area contributed by atoms with E-state index < -0.39 is 0 Å². The minimum absolute atomic E-state index is 0.697. The van der Waals surface area contributed by atoms with Crippen molar-refractivity contribution in [3.8, 4) is 0 Å². The van der Waals surface area contributed by atoms with E-state index in [4.69, 9.17) is 0 Å². The van der Waals surface area contributed by atoms with Gasteiger partial charge in [-0.15, -0.1) is 0 Å². The molecule has 1 aromatic rings. The van der Waals surface area contributed by atoms with Gasteiger partial charge in [-0.05, 0) is 41.2 Å². The minimum Gasteiger partial charge on any atom is -0.0848 e. The highest BCUT2D eigenvalue weighted by molar-refractivity contribution is 5.47. The van der Waals surface area contributed by atoms with Gasteiger partial charge in [-0.2, -0.15) is 0 Å². The van der Waals surface area contributed by atoms with Crippen molar-refractivity contribution >= 4 is 0 Å². The molecule has 0 heterocycles. The number of hydrogen-bond donors (Lipinski definition) is 0.